The molecule has 1 heterocycles. The summed E-state index contributed by atoms with van der Waals surface area (Å²) in [6.45, 7) is 2.32. The fourth-order valence-electron chi connectivity index (χ4n) is 2.30. The molecule has 0 amide bonds. The fourth-order valence-corrected chi connectivity index (χ4v) is 2.30. The molecule has 1 aromatic rings. The van der Waals surface area contributed by atoms with E-state index in [4.69, 9.17) is 4.42 Å². The first kappa shape index (κ1) is 7.63. The molecule has 0 radical (unpaired) electrons. The largest absolute Gasteiger partial charge is 0.472 e. The third-order valence-corrected chi connectivity index (χ3v) is 3.21. The normalized spacial score (nSPS) is 32.1. The van der Waals surface area contributed by atoms with Crippen LogP contribution in [0.1, 0.15) is 36.9 Å². The molecule has 0 saturated heterocycles. The van der Waals surface area contributed by atoms with Gasteiger partial charge in [0.15, 0.2) is 0 Å². The number of rotatable bonds is 2. The van der Waals surface area contributed by atoms with Gasteiger partial charge in [-0.15, -0.1) is 0 Å². The number of hydrogen-bond donors (Lipinski definition) is 1. The van der Waals surface area contributed by atoms with E-state index in [9.17, 15) is 0 Å². The molecule has 1 aromatic heterocycles. The van der Waals surface area contributed by atoms with Crippen LogP contribution in [-0.4, -0.2) is 6.04 Å². The highest BCUT2D eigenvalue weighted by molar-refractivity contribution is 5.31. The first-order chi connectivity index (χ1) is 6.34. The summed E-state index contributed by atoms with van der Waals surface area (Å²) < 4.78 is 5.23. The molecule has 2 aliphatic rings. The van der Waals surface area contributed by atoms with E-state index in [1.54, 1.807) is 0 Å². The van der Waals surface area contributed by atoms with E-state index in [0.717, 1.165) is 12.0 Å². The van der Waals surface area contributed by atoms with E-state index < -0.39 is 0 Å². The van der Waals surface area contributed by atoms with E-state index in [1.807, 2.05) is 12.5 Å². The maximum Gasteiger partial charge on any atom is 0.0953 e. The Labute approximate surface area is 78.3 Å². The molecule has 0 spiro atoms. The third kappa shape index (κ3) is 1.20. The van der Waals surface area contributed by atoms with Gasteiger partial charge < -0.3 is 9.73 Å². The predicted octanol–water partition coefficient (Wildman–Crippen LogP) is 2.26. The van der Waals surface area contributed by atoms with Crippen molar-refractivity contribution in [1.82, 2.24) is 5.32 Å². The van der Waals surface area contributed by atoms with Crippen molar-refractivity contribution >= 4 is 0 Å². The molecular formula is C11H15NO. The third-order valence-electron chi connectivity index (χ3n) is 3.21. The van der Waals surface area contributed by atoms with Gasteiger partial charge in [0.25, 0.3) is 0 Å². The highest BCUT2D eigenvalue weighted by Crippen LogP contribution is 2.38. The lowest BCUT2D eigenvalue weighted by atomic mass is 10.0. The van der Waals surface area contributed by atoms with E-state index in [-0.39, 0.29) is 0 Å². The molecule has 0 aliphatic heterocycles. The smallest absolute Gasteiger partial charge is 0.0953 e. The molecule has 2 nitrogen and oxygen atoms in total. The summed E-state index contributed by atoms with van der Waals surface area (Å²) in [5.74, 6) is 0.738. The topological polar surface area (TPSA) is 25.2 Å². The van der Waals surface area contributed by atoms with Gasteiger partial charge in [-0.1, -0.05) is 6.92 Å². The number of fused-ring (bicyclic) bond motifs is 1. The van der Waals surface area contributed by atoms with Gasteiger partial charge in [0.05, 0.1) is 12.5 Å². The molecule has 1 N–H and O–H groups in total. The lowest BCUT2D eigenvalue weighted by Gasteiger charge is -2.17. The quantitative estimate of drug-likeness (QED) is 0.749. The lowest BCUT2D eigenvalue weighted by molar-refractivity contribution is 0.402. The van der Waals surface area contributed by atoms with Crippen molar-refractivity contribution in [3.8, 4) is 0 Å². The highest BCUT2D eigenvalue weighted by Gasteiger charge is 2.34. The Bertz CT molecular complexity index is 314. The van der Waals surface area contributed by atoms with Gasteiger partial charge in [-0.05, 0) is 30.7 Å². The van der Waals surface area contributed by atoms with Crippen molar-refractivity contribution in [1.29, 1.82) is 0 Å². The average molecular weight is 177 g/mol. The van der Waals surface area contributed by atoms with Crippen LogP contribution in [-0.2, 0) is 6.42 Å². The van der Waals surface area contributed by atoms with Crippen molar-refractivity contribution in [2.24, 2.45) is 5.92 Å². The standard InChI is InChI=1S/C11H15NO/c1-7-4-8-5-13-6-10(8)11(7)12-9-2-3-9/h5-7,9,11-12H,2-4H2,1H3. The second-order valence-electron chi connectivity index (χ2n) is 4.45. The van der Waals surface area contributed by atoms with Crippen LogP contribution < -0.4 is 5.32 Å². The minimum Gasteiger partial charge on any atom is -0.472 e. The second kappa shape index (κ2) is 2.61. The molecule has 2 atom stereocenters. The Balaban J connectivity index is 1.84. The molecule has 0 bridgehead atoms. The number of hydrogen-bond acceptors (Lipinski definition) is 2. The molecule has 3 rings (SSSR count). The van der Waals surface area contributed by atoms with E-state index in [2.05, 4.69) is 12.2 Å². The molecular weight excluding hydrogens is 162 g/mol. The minimum absolute atomic E-state index is 0.557. The van der Waals surface area contributed by atoms with Gasteiger partial charge in [0.2, 0.25) is 0 Å². The van der Waals surface area contributed by atoms with Crippen molar-refractivity contribution in [3.05, 3.63) is 23.7 Å². The van der Waals surface area contributed by atoms with Crippen LogP contribution in [0.2, 0.25) is 0 Å². The van der Waals surface area contributed by atoms with Crippen molar-refractivity contribution in [2.45, 2.75) is 38.3 Å². The van der Waals surface area contributed by atoms with Crippen LogP contribution in [0.5, 0.6) is 0 Å². The van der Waals surface area contributed by atoms with Crippen LogP contribution in [0.25, 0.3) is 0 Å². The Morgan fingerprint density at radius 2 is 2.23 bits per heavy atom. The van der Waals surface area contributed by atoms with Crippen LogP contribution in [0.3, 0.4) is 0 Å². The van der Waals surface area contributed by atoms with Crippen molar-refractivity contribution in [2.75, 3.05) is 0 Å². The summed E-state index contributed by atoms with van der Waals surface area (Å²) >= 11 is 0. The summed E-state index contributed by atoms with van der Waals surface area (Å²) in [7, 11) is 0. The molecule has 0 aromatic carbocycles. The predicted molar refractivity (Wildman–Crippen MR) is 50.5 cm³/mol. The van der Waals surface area contributed by atoms with E-state index in [1.165, 1.54) is 30.4 Å². The minimum atomic E-state index is 0.557. The average Bonchev–Trinajstić information content (AvgIpc) is 2.74. The van der Waals surface area contributed by atoms with Crippen molar-refractivity contribution in [3.63, 3.8) is 0 Å². The Hall–Kier alpha value is -0.760. The molecule has 1 saturated carbocycles. The Morgan fingerprint density at radius 3 is 3.00 bits per heavy atom. The molecule has 13 heavy (non-hydrogen) atoms. The first-order valence-electron chi connectivity index (χ1n) is 5.15. The van der Waals surface area contributed by atoms with Crippen LogP contribution in [0, 0.1) is 5.92 Å². The molecule has 1 fully saturated rings. The number of nitrogens with one attached hydrogen (secondary N) is 1. The molecule has 2 unspecified atom stereocenters. The zero-order valence-corrected chi connectivity index (χ0v) is 7.92. The Morgan fingerprint density at radius 1 is 1.38 bits per heavy atom. The maximum atomic E-state index is 5.23. The van der Waals surface area contributed by atoms with Gasteiger partial charge in [-0.2, -0.15) is 0 Å². The summed E-state index contributed by atoms with van der Waals surface area (Å²) in [5.41, 5.74) is 2.81. The highest BCUT2D eigenvalue weighted by atomic mass is 16.3. The molecule has 70 valence electrons. The van der Waals surface area contributed by atoms with E-state index in [0.29, 0.717) is 6.04 Å². The SMILES string of the molecule is CC1Cc2cocc2C1NC1CC1. The summed E-state index contributed by atoms with van der Waals surface area (Å²) in [5, 5.41) is 3.68. The van der Waals surface area contributed by atoms with Crippen LogP contribution in [0.15, 0.2) is 16.9 Å². The second-order valence-corrected chi connectivity index (χ2v) is 4.45. The van der Waals surface area contributed by atoms with Gasteiger partial charge in [0, 0.05) is 17.6 Å². The number of furan rings is 1. The van der Waals surface area contributed by atoms with Gasteiger partial charge in [-0.25, -0.2) is 0 Å². The van der Waals surface area contributed by atoms with Crippen molar-refractivity contribution < 1.29 is 4.42 Å². The van der Waals surface area contributed by atoms with Crippen LogP contribution >= 0.6 is 0 Å². The summed E-state index contributed by atoms with van der Waals surface area (Å²) in [6.07, 6.45) is 7.71. The lowest BCUT2D eigenvalue weighted by Crippen LogP contribution is -2.25. The van der Waals surface area contributed by atoms with Crippen LogP contribution in [0.4, 0.5) is 0 Å². The maximum absolute atomic E-state index is 5.23. The van der Waals surface area contributed by atoms with Gasteiger partial charge in [0.1, 0.15) is 0 Å². The monoisotopic (exact) mass is 177 g/mol. The molecule has 2 aliphatic carbocycles. The summed E-state index contributed by atoms with van der Waals surface area (Å²) in [6, 6.07) is 1.34. The zero-order valence-electron chi connectivity index (χ0n) is 7.92. The summed E-state index contributed by atoms with van der Waals surface area (Å²) in [4.78, 5) is 0. The van der Waals surface area contributed by atoms with Gasteiger partial charge >= 0.3 is 0 Å². The fraction of sp³-hybridized carbons (Fsp3) is 0.636. The van der Waals surface area contributed by atoms with Gasteiger partial charge in [-0.3, -0.25) is 0 Å². The molecule has 2 heteroatoms. The van der Waals surface area contributed by atoms with E-state index >= 15 is 0 Å². The Kier molecular flexibility index (Phi) is 1.53. The zero-order chi connectivity index (χ0) is 8.84. The first-order valence-corrected chi connectivity index (χ1v) is 5.15.